The number of nitrogens with zero attached hydrogens (tertiary/aromatic N) is 2. The zero-order valence-electron chi connectivity index (χ0n) is 11.4. The molecule has 2 rings (SSSR count). The third-order valence-corrected chi connectivity index (χ3v) is 4.85. The fourth-order valence-electron chi connectivity index (χ4n) is 1.71. The van der Waals surface area contributed by atoms with Gasteiger partial charge >= 0.3 is 5.69 Å². The molecule has 0 amide bonds. The summed E-state index contributed by atoms with van der Waals surface area (Å²) in [6, 6.07) is 6.29. The van der Waals surface area contributed by atoms with Crippen molar-refractivity contribution in [3.05, 3.63) is 38.7 Å². The van der Waals surface area contributed by atoms with Crippen LogP contribution in [-0.4, -0.2) is 20.8 Å². The summed E-state index contributed by atoms with van der Waals surface area (Å²) >= 11 is 5.02. The van der Waals surface area contributed by atoms with Gasteiger partial charge < -0.3 is 5.73 Å². The fraction of sp³-hybridized carbons (Fsp3) is 0.385. The molecule has 0 spiro atoms. The van der Waals surface area contributed by atoms with Crippen LogP contribution >= 0.6 is 27.7 Å². The van der Waals surface area contributed by atoms with E-state index in [1.54, 1.807) is 7.05 Å². The van der Waals surface area contributed by atoms with Crippen LogP contribution in [0.15, 0.2) is 37.5 Å². The van der Waals surface area contributed by atoms with E-state index in [-0.39, 0.29) is 11.7 Å². The molecule has 0 aliphatic carbocycles. The van der Waals surface area contributed by atoms with Crippen molar-refractivity contribution < 1.29 is 0 Å². The SMILES string of the molecule is CCC(N)Cc1ccc(Sc2n[nH]c(=O)n2C)cc1Br. The zero-order valence-corrected chi connectivity index (χ0v) is 13.8. The van der Waals surface area contributed by atoms with E-state index < -0.39 is 0 Å². The van der Waals surface area contributed by atoms with Gasteiger partial charge in [0.05, 0.1) is 0 Å². The summed E-state index contributed by atoms with van der Waals surface area (Å²) in [5.74, 6) is 0. The van der Waals surface area contributed by atoms with E-state index in [1.165, 1.54) is 21.9 Å². The maximum atomic E-state index is 11.3. The first kappa shape index (κ1) is 15.3. The number of rotatable bonds is 5. The predicted molar refractivity (Wildman–Crippen MR) is 84.1 cm³/mol. The Labute approximate surface area is 130 Å². The van der Waals surface area contributed by atoms with Crippen molar-refractivity contribution in [1.29, 1.82) is 0 Å². The number of aromatic amines is 1. The van der Waals surface area contributed by atoms with Crippen molar-refractivity contribution in [3.8, 4) is 0 Å². The number of benzene rings is 1. The first-order chi connectivity index (χ1) is 9.51. The van der Waals surface area contributed by atoms with Gasteiger partial charge in [0.2, 0.25) is 0 Å². The summed E-state index contributed by atoms with van der Waals surface area (Å²) in [5, 5.41) is 7.04. The molecular formula is C13H17BrN4OS. The average Bonchev–Trinajstić information content (AvgIpc) is 2.73. The predicted octanol–water partition coefficient (Wildman–Crippen LogP) is 2.30. The van der Waals surface area contributed by atoms with E-state index in [9.17, 15) is 4.79 Å². The van der Waals surface area contributed by atoms with Crippen molar-refractivity contribution in [1.82, 2.24) is 14.8 Å². The Morgan fingerprint density at radius 3 is 2.85 bits per heavy atom. The van der Waals surface area contributed by atoms with E-state index in [1.807, 2.05) is 12.1 Å². The van der Waals surface area contributed by atoms with Crippen LogP contribution in [0.5, 0.6) is 0 Å². The maximum absolute atomic E-state index is 11.3. The molecule has 0 bridgehead atoms. The number of aromatic nitrogens is 3. The Kier molecular flexibility index (Phi) is 5.06. The van der Waals surface area contributed by atoms with E-state index in [2.05, 4.69) is 39.1 Å². The molecule has 0 radical (unpaired) electrons. The van der Waals surface area contributed by atoms with Crippen LogP contribution < -0.4 is 11.4 Å². The Balaban J connectivity index is 2.17. The van der Waals surface area contributed by atoms with Gasteiger partial charge in [-0.3, -0.25) is 4.57 Å². The van der Waals surface area contributed by atoms with Gasteiger partial charge in [0.1, 0.15) is 0 Å². The van der Waals surface area contributed by atoms with Crippen LogP contribution in [0.2, 0.25) is 0 Å². The van der Waals surface area contributed by atoms with Crippen LogP contribution in [0.25, 0.3) is 0 Å². The first-order valence-electron chi connectivity index (χ1n) is 6.34. The molecule has 1 unspecified atom stereocenters. The lowest BCUT2D eigenvalue weighted by atomic mass is 10.1. The number of nitrogens with two attached hydrogens (primary N) is 1. The second-order valence-corrected chi connectivity index (χ2v) is 6.49. The molecule has 1 aromatic carbocycles. The van der Waals surface area contributed by atoms with Gasteiger partial charge in [0.25, 0.3) is 0 Å². The molecule has 5 nitrogen and oxygen atoms in total. The molecule has 3 N–H and O–H groups in total. The number of hydrogen-bond donors (Lipinski definition) is 2. The van der Waals surface area contributed by atoms with E-state index >= 15 is 0 Å². The second kappa shape index (κ2) is 6.60. The van der Waals surface area contributed by atoms with Crippen LogP contribution in [-0.2, 0) is 13.5 Å². The molecule has 20 heavy (non-hydrogen) atoms. The van der Waals surface area contributed by atoms with Gasteiger partial charge in [-0.05, 0) is 42.3 Å². The van der Waals surface area contributed by atoms with Crippen molar-refractivity contribution in [2.75, 3.05) is 0 Å². The van der Waals surface area contributed by atoms with Gasteiger partial charge in [-0.15, -0.1) is 5.10 Å². The number of hydrogen-bond acceptors (Lipinski definition) is 4. The first-order valence-corrected chi connectivity index (χ1v) is 7.95. The van der Waals surface area contributed by atoms with Crippen molar-refractivity contribution in [2.45, 2.75) is 35.9 Å². The van der Waals surface area contributed by atoms with Gasteiger partial charge in [0.15, 0.2) is 5.16 Å². The lowest BCUT2D eigenvalue weighted by Crippen LogP contribution is -2.21. The van der Waals surface area contributed by atoms with Crippen molar-refractivity contribution in [3.63, 3.8) is 0 Å². The summed E-state index contributed by atoms with van der Waals surface area (Å²) in [7, 11) is 1.69. The maximum Gasteiger partial charge on any atom is 0.343 e. The smallest absolute Gasteiger partial charge is 0.327 e. The highest BCUT2D eigenvalue weighted by atomic mass is 79.9. The van der Waals surface area contributed by atoms with E-state index in [4.69, 9.17) is 5.73 Å². The molecule has 1 atom stereocenters. The van der Waals surface area contributed by atoms with E-state index in [0.717, 1.165) is 22.2 Å². The minimum Gasteiger partial charge on any atom is -0.327 e. The molecule has 1 heterocycles. The van der Waals surface area contributed by atoms with E-state index in [0.29, 0.717) is 5.16 Å². The van der Waals surface area contributed by atoms with Gasteiger partial charge in [-0.2, -0.15) is 0 Å². The number of nitrogens with one attached hydrogen (secondary N) is 1. The fourth-order valence-corrected chi connectivity index (χ4v) is 3.24. The van der Waals surface area contributed by atoms with Crippen LogP contribution in [0.4, 0.5) is 0 Å². The highest BCUT2D eigenvalue weighted by Gasteiger charge is 2.09. The third kappa shape index (κ3) is 3.53. The minimum atomic E-state index is -0.211. The monoisotopic (exact) mass is 356 g/mol. The second-order valence-electron chi connectivity index (χ2n) is 4.60. The molecule has 0 aliphatic rings. The van der Waals surface area contributed by atoms with Crippen molar-refractivity contribution >= 4 is 27.7 Å². The molecule has 0 aliphatic heterocycles. The van der Waals surface area contributed by atoms with Gasteiger partial charge in [0, 0.05) is 22.5 Å². The Morgan fingerprint density at radius 2 is 2.30 bits per heavy atom. The summed E-state index contributed by atoms with van der Waals surface area (Å²) in [6.07, 6.45) is 1.81. The Bertz CT molecular complexity index is 652. The number of halogens is 1. The van der Waals surface area contributed by atoms with Crippen LogP contribution in [0, 0.1) is 0 Å². The standard InChI is InChI=1S/C13H17BrN4OS/c1-3-9(15)6-8-4-5-10(7-11(8)14)20-13-17-16-12(19)18(13)2/h4-5,7,9H,3,6,15H2,1-2H3,(H,16,19). The largest absolute Gasteiger partial charge is 0.343 e. The topological polar surface area (TPSA) is 76.7 Å². The quantitative estimate of drug-likeness (QED) is 0.861. The average molecular weight is 357 g/mol. The molecule has 2 aromatic rings. The Hall–Kier alpha value is -1.05. The molecular weight excluding hydrogens is 340 g/mol. The van der Waals surface area contributed by atoms with Gasteiger partial charge in [-0.25, -0.2) is 9.89 Å². The zero-order chi connectivity index (χ0) is 14.7. The molecule has 0 saturated carbocycles. The highest BCUT2D eigenvalue weighted by molar-refractivity contribution is 9.10. The summed E-state index contributed by atoms with van der Waals surface area (Å²) in [4.78, 5) is 12.3. The lowest BCUT2D eigenvalue weighted by molar-refractivity contribution is 0.645. The van der Waals surface area contributed by atoms with Gasteiger partial charge in [-0.1, -0.05) is 28.9 Å². The number of H-pyrrole nitrogens is 1. The molecule has 108 valence electrons. The van der Waals surface area contributed by atoms with Crippen LogP contribution in [0.3, 0.4) is 0 Å². The summed E-state index contributed by atoms with van der Waals surface area (Å²) in [5.41, 5.74) is 6.96. The normalized spacial score (nSPS) is 12.6. The third-order valence-electron chi connectivity index (χ3n) is 3.08. The molecule has 0 fully saturated rings. The summed E-state index contributed by atoms with van der Waals surface area (Å²) in [6.45, 7) is 2.08. The summed E-state index contributed by atoms with van der Waals surface area (Å²) < 4.78 is 2.52. The van der Waals surface area contributed by atoms with Crippen LogP contribution in [0.1, 0.15) is 18.9 Å². The minimum absolute atomic E-state index is 0.178. The molecule has 1 aromatic heterocycles. The lowest BCUT2D eigenvalue weighted by Gasteiger charge is -2.11. The molecule has 7 heteroatoms. The Morgan fingerprint density at radius 1 is 1.55 bits per heavy atom. The molecule has 0 saturated heterocycles. The highest BCUT2D eigenvalue weighted by Crippen LogP contribution is 2.29. The van der Waals surface area contributed by atoms with Crippen molar-refractivity contribution in [2.24, 2.45) is 12.8 Å².